The monoisotopic (exact) mass is 571 g/mol. The Hall–Kier alpha value is -3.66. The first-order valence-corrected chi connectivity index (χ1v) is 17.5. The Morgan fingerprint density at radius 3 is 2.39 bits per heavy atom. The number of ether oxygens (including phenoxy) is 2. The number of amides is 2. The van der Waals surface area contributed by atoms with Gasteiger partial charge in [-0.2, -0.15) is 5.10 Å². The first kappa shape index (κ1) is 28.9. The maximum absolute atomic E-state index is 13.4. The predicted octanol–water partition coefficient (Wildman–Crippen LogP) is 6.01. The van der Waals surface area contributed by atoms with Crippen LogP contribution >= 0.6 is 0 Å². The summed E-state index contributed by atoms with van der Waals surface area (Å²) in [6, 6.07) is 24.0. The van der Waals surface area contributed by atoms with E-state index >= 15 is 0 Å². The smallest absolute Gasteiger partial charge is 0.324 e. The predicted molar refractivity (Wildman–Crippen MR) is 170 cm³/mol. The average Bonchev–Trinajstić information content (AvgIpc) is 3.42. The van der Waals surface area contributed by atoms with Crippen molar-refractivity contribution in [3.8, 4) is 11.4 Å². The molecule has 5 rings (SSSR count). The van der Waals surface area contributed by atoms with E-state index in [1.807, 2.05) is 53.2 Å². The zero-order chi connectivity index (χ0) is 28.8. The van der Waals surface area contributed by atoms with Crippen molar-refractivity contribution in [3.63, 3.8) is 0 Å². The van der Waals surface area contributed by atoms with Crippen LogP contribution in [0.5, 0.6) is 5.75 Å². The molecule has 0 atom stereocenters. The second-order valence-corrected chi connectivity index (χ2v) is 16.0. The van der Waals surface area contributed by atoms with Crippen molar-refractivity contribution in [1.82, 2.24) is 14.7 Å². The molecule has 0 radical (unpaired) electrons. The standard InChI is InChI=1S/C32H41N5O3Si/c1-5-41(4,6-2)31-23-30(37(35-31)25-13-11-24(3)12-14-25)34-32(38)33-28-15-16-29(27-10-8-7-9-26(27)28)40-22-19-36-17-20-39-21-18-36/h7-16,23H,5-6,17-22H2,1-4H3,(H2,33,34,38). The highest BCUT2D eigenvalue weighted by Crippen LogP contribution is 2.32. The third-order valence-electron chi connectivity index (χ3n) is 8.31. The second kappa shape index (κ2) is 12.9. The molecule has 0 aliphatic carbocycles. The van der Waals surface area contributed by atoms with E-state index in [9.17, 15) is 4.79 Å². The number of aryl methyl sites for hydroxylation is 1. The van der Waals surface area contributed by atoms with Crippen LogP contribution in [0.4, 0.5) is 16.3 Å². The molecule has 8 nitrogen and oxygen atoms in total. The Labute approximate surface area is 243 Å². The number of anilines is 2. The Morgan fingerprint density at radius 1 is 0.976 bits per heavy atom. The number of hydrogen-bond donors (Lipinski definition) is 2. The van der Waals surface area contributed by atoms with Gasteiger partial charge in [0.15, 0.2) is 0 Å². The Balaban J connectivity index is 1.35. The van der Waals surface area contributed by atoms with Crippen molar-refractivity contribution in [2.24, 2.45) is 0 Å². The minimum atomic E-state index is -1.74. The number of nitrogens with one attached hydrogen (secondary N) is 2. The summed E-state index contributed by atoms with van der Waals surface area (Å²) in [6.07, 6.45) is 0. The zero-order valence-electron chi connectivity index (χ0n) is 24.6. The molecular formula is C32H41N5O3Si. The van der Waals surface area contributed by atoms with Crippen LogP contribution in [0.2, 0.25) is 18.6 Å². The molecule has 3 aromatic carbocycles. The number of urea groups is 1. The Kier molecular flexibility index (Phi) is 9.07. The fourth-order valence-corrected chi connectivity index (χ4v) is 7.20. The largest absolute Gasteiger partial charge is 0.492 e. The van der Waals surface area contributed by atoms with E-state index in [0.717, 1.165) is 78.2 Å². The molecular weight excluding hydrogens is 530 g/mol. The lowest BCUT2D eigenvalue weighted by Crippen LogP contribution is -2.44. The first-order chi connectivity index (χ1) is 19.9. The fraction of sp³-hybridized carbons (Fsp3) is 0.375. The van der Waals surface area contributed by atoms with Crippen LogP contribution < -0.4 is 20.7 Å². The lowest BCUT2D eigenvalue weighted by molar-refractivity contribution is 0.0323. The van der Waals surface area contributed by atoms with Gasteiger partial charge in [0.2, 0.25) is 0 Å². The van der Waals surface area contributed by atoms with E-state index in [4.69, 9.17) is 14.6 Å². The summed E-state index contributed by atoms with van der Waals surface area (Å²) in [5.74, 6) is 1.47. The van der Waals surface area contributed by atoms with Crippen LogP contribution in [0.25, 0.3) is 16.5 Å². The molecule has 1 aromatic heterocycles. The number of carbonyl (C=O) groups is 1. The molecule has 0 saturated carbocycles. The van der Waals surface area contributed by atoms with Crippen molar-refractivity contribution in [1.29, 1.82) is 0 Å². The van der Waals surface area contributed by atoms with Gasteiger partial charge >= 0.3 is 6.03 Å². The van der Waals surface area contributed by atoms with E-state index in [2.05, 4.69) is 61.1 Å². The molecule has 9 heteroatoms. The molecule has 0 spiro atoms. The second-order valence-electron chi connectivity index (χ2n) is 11.0. The summed E-state index contributed by atoms with van der Waals surface area (Å²) < 4.78 is 13.5. The van der Waals surface area contributed by atoms with Gasteiger partial charge in [0.05, 0.1) is 24.6 Å². The van der Waals surface area contributed by atoms with Gasteiger partial charge in [-0.15, -0.1) is 0 Å². The van der Waals surface area contributed by atoms with Crippen molar-refractivity contribution in [3.05, 3.63) is 72.3 Å². The number of carbonyl (C=O) groups excluding carboxylic acids is 1. The molecule has 0 unspecified atom stereocenters. The van der Waals surface area contributed by atoms with E-state index in [1.54, 1.807) is 0 Å². The molecule has 2 amide bonds. The van der Waals surface area contributed by atoms with Gasteiger partial charge in [0, 0.05) is 35.7 Å². The van der Waals surface area contributed by atoms with E-state index in [-0.39, 0.29) is 6.03 Å². The molecule has 216 valence electrons. The zero-order valence-corrected chi connectivity index (χ0v) is 25.6. The number of rotatable bonds is 10. The summed E-state index contributed by atoms with van der Waals surface area (Å²) >= 11 is 0. The number of fused-ring (bicyclic) bond motifs is 1. The molecule has 0 bridgehead atoms. The summed E-state index contributed by atoms with van der Waals surface area (Å²) in [6.45, 7) is 13.8. The number of morpholine rings is 1. The lowest BCUT2D eigenvalue weighted by atomic mass is 10.1. The maximum Gasteiger partial charge on any atom is 0.324 e. The molecule has 2 N–H and O–H groups in total. The summed E-state index contributed by atoms with van der Waals surface area (Å²) in [7, 11) is -1.74. The third kappa shape index (κ3) is 6.64. The van der Waals surface area contributed by atoms with Crippen LogP contribution in [-0.4, -0.2) is 68.2 Å². The highest BCUT2D eigenvalue weighted by Gasteiger charge is 2.30. The molecule has 1 aliphatic heterocycles. The fourth-order valence-electron chi connectivity index (χ4n) is 5.15. The quantitative estimate of drug-likeness (QED) is 0.228. The SMILES string of the molecule is CC[Si](C)(CC)c1cc(NC(=O)Nc2ccc(OCCN3CCOCC3)c3ccccc23)n(-c2ccc(C)cc2)n1. The van der Waals surface area contributed by atoms with Crippen LogP contribution in [0.15, 0.2) is 66.7 Å². The van der Waals surface area contributed by atoms with Crippen molar-refractivity contribution in [2.45, 2.75) is 39.4 Å². The summed E-state index contributed by atoms with van der Waals surface area (Å²) in [5.41, 5.74) is 2.82. The number of aromatic nitrogens is 2. The van der Waals surface area contributed by atoms with Gasteiger partial charge in [0.1, 0.15) is 26.2 Å². The van der Waals surface area contributed by atoms with Gasteiger partial charge in [-0.3, -0.25) is 10.2 Å². The van der Waals surface area contributed by atoms with E-state index in [0.29, 0.717) is 12.4 Å². The highest BCUT2D eigenvalue weighted by atomic mass is 28.3. The maximum atomic E-state index is 13.4. The van der Waals surface area contributed by atoms with Crippen molar-refractivity contribution >= 4 is 41.7 Å². The average molecular weight is 572 g/mol. The summed E-state index contributed by atoms with van der Waals surface area (Å²) in [5, 5.41) is 14.2. The molecule has 4 aromatic rings. The topological polar surface area (TPSA) is 80.6 Å². The molecule has 1 aliphatic rings. The number of nitrogens with zero attached hydrogens (tertiary/aromatic N) is 3. The van der Waals surface area contributed by atoms with Gasteiger partial charge in [-0.05, 0) is 37.3 Å². The highest BCUT2D eigenvalue weighted by molar-refractivity contribution is 6.90. The minimum Gasteiger partial charge on any atom is -0.492 e. The van der Waals surface area contributed by atoms with Crippen LogP contribution in [0.3, 0.4) is 0 Å². The van der Waals surface area contributed by atoms with Gasteiger partial charge in [0.25, 0.3) is 0 Å². The van der Waals surface area contributed by atoms with Crippen LogP contribution in [0, 0.1) is 6.92 Å². The van der Waals surface area contributed by atoms with E-state index in [1.165, 1.54) is 5.56 Å². The van der Waals surface area contributed by atoms with Crippen LogP contribution in [-0.2, 0) is 4.74 Å². The molecule has 1 fully saturated rings. The normalized spacial score (nSPS) is 14.2. The van der Waals surface area contributed by atoms with Gasteiger partial charge < -0.3 is 14.8 Å². The lowest BCUT2D eigenvalue weighted by Gasteiger charge is -2.26. The first-order valence-electron chi connectivity index (χ1n) is 14.6. The number of hydrogen-bond acceptors (Lipinski definition) is 5. The minimum absolute atomic E-state index is 0.313. The van der Waals surface area contributed by atoms with Crippen molar-refractivity contribution in [2.75, 3.05) is 50.1 Å². The third-order valence-corrected chi connectivity index (χ3v) is 12.9. The van der Waals surface area contributed by atoms with Gasteiger partial charge in [-0.25, -0.2) is 9.48 Å². The molecule has 2 heterocycles. The van der Waals surface area contributed by atoms with Crippen LogP contribution in [0.1, 0.15) is 19.4 Å². The number of benzene rings is 3. The molecule has 1 saturated heterocycles. The van der Waals surface area contributed by atoms with Crippen molar-refractivity contribution < 1.29 is 14.3 Å². The Morgan fingerprint density at radius 2 is 1.68 bits per heavy atom. The Bertz CT molecular complexity index is 1480. The van der Waals surface area contributed by atoms with Gasteiger partial charge in [-0.1, -0.05) is 74.4 Å². The molecule has 41 heavy (non-hydrogen) atoms. The summed E-state index contributed by atoms with van der Waals surface area (Å²) in [4.78, 5) is 15.7. The van der Waals surface area contributed by atoms with E-state index < -0.39 is 8.07 Å².